The Morgan fingerprint density at radius 2 is 2.28 bits per heavy atom. The molecule has 2 aliphatic heterocycles. The van der Waals surface area contributed by atoms with E-state index in [1.54, 1.807) is 0 Å². The topological polar surface area (TPSA) is 49.4 Å². The van der Waals surface area contributed by atoms with Gasteiger partial charge in [0, 0.05) is 19.5 Å². The van der Waals surface area contributed by atoms with E-state index in [9.17, 15) is 9.59 Å². The molecule has 0 aromatic heterocycles. The van der Waals surface area contributed by atoms with Gasteiger partial charge in [0.1, 0.15) is 5.54 Å². The summed E-state index contributed by atoms with van der Waals surface area (Å²) in [6.07, 6.45) is 6.88. The molecule has 0 saturated carbocycles. The monoisotopic (exact) mass is 250 g/mol. The Hall–Kier alpha value is -1.32. The van der Waals surface area contributed by atoms with Crippen molar-refractivity contribution in [1.29, 1.82) is 0 Å². The van der Waals surface area contributed by atoms with Crippen LogP contribution in [0.3, 0.4) is 0 Å². The molecule has 0 aromatic rings. The van der Waals surface area contributed by atoms with Crippen LogP contribution in [0.4, 0.5) is 0 Å². The average Bonchev–Trinajstić information content (AvgIpc) is 2.63. The second-order valence-corrected chi connectivity index (χ2v) is 5.66. The lowest BCUT2D eigenvalue weighted by molar-refractivity contribution is -0.145. The first-order valence-corrected chi connectivity index (χ1v) is 6.80. The second kappa shape index (κ2) is 5.12. The summed E-state index contributed by atoms with van der Waals surface area (Å²) in [6.45, 7) is 5.36. The van der Waals surface area contributed by atoms with Crippen molar-refractivity contribution in [2.75, 3.05) is 13.1 Å². The van der Waals surface area contributed by atoms with E-state index in [0.717, 1.165) is 12.8 Å². The molecule has 2 amide bonds. The van der Waals surface area contributed by atoms with Crippen molar-refractivity contribution in [3.05, 3.63) is 12.2 Å². The Bertz CT molecular complexity index is 376. The highest BCUT2D eigenvalue weighted by molar-refractivity contribution is 5.92. The maximum Gasteiger partial charge on any atom is 0.246 e. The lowest BCUT2D eigenvalue weighted by atomic mass is 9.90. The van der Waals surface area contributed by atoms with Gasteiger partial charge in [-0.3, -0.25) is 9.59 Å². The predicted molar refractivity (Wildman–Crippen MR) is 69.9 cm³/mol. The molecule has 1 unspecified atom stereocenters. The fraction of sp³-hybridized carbons (Fsp3) is 0.714. The number of rotatable bonds is 2. The quantitative estimate of drug-likeness (QED) is 0.754. The Labute approximate surface area is 108 Å². The van der Waals surface area contributed by atoms with Crippen molar-refractivity contribution in [3.63, 3.8) is 0 Å². The van der Waals surface area contributed by atoms with Gasteiger partial charge in [-0.2, -0.15) is 0 Å². The van der Waals surface area contributed by atoms with E-state index < -0.39 is 5.54 Å². The summed E-state index contributed by atoms with van der Waals surface area (Å²) in [7, 11) is 0. The first kappa shape index (κ1) is 13.1. The summed E-state index contributed by atoms with van der Waals surface area (Å²) in [5.74, 6) is 0.467. The van der Waals surface area contributed by atoms with E-state index in [0.29, 0.717) is 31.8 Å². The van der Waals surface area contributed by atoms with Crippen LogP contribution < -0.4 is 5.32 Å². The third-order valence-electron chi connectivity index (χ3n) is 3.80. The molecule has 1 saturated heterocycles. The number of hydrogen-bond acceptors (Lipinski definition) is 2. The molecule has 18 heavy (non-hydrogen) atoms. The van der Waals surface area contributed by atoms with E-state index in [1.165, 1.54) is 0 Å². The molecule has 1 N–H and O–H groups in total. The number of nitrogens with one attached hydrogen (secondary N) is 1. The number of amides is 2. The molecule has 0 bridgehead atoms. The third-order valence-corrected chi connectivity index (χ3v) is 3.80. The molecule has 1 atom stereocenters. The van der Waals surface area contributed by atoms with Gasteiger partial charge in [0.05, 0.1) is 0 Å². The molecule has 0 aromatic carbocycles. The Kier molecular flexibility index (Phi) is 3.73. The zero-order chi connectivity index (χ0) is 13.2. The molecule has 1 spiro atoms. The fourth-order valence-electron chi connectivity index (χ4n) is 2.92. The van der Waals surface area contributed by atoms with Crippen molar-refractivity contribution in [1.82, 2.24) is 10.2 Å². The van der Waals surface area contributed by atoms with Crippen LogP contribution in [0.5, 0.6) is 0 Å². The van der Waals surface area contributed by atoms with Crippen LogP contribution in [-0.4, -0.2) is 35.3 Å². The molecular weight excluding hydrogens is 228 g/mol. The first-order valence-electron chi connectivity index (χ1n) is 6.80. The van der Waals surface area contributed by atoms with Crippen LogP contribution in [0.25, 0.3) is 0 Å². The van der Waals surface area contributed by atoms with Gasteiger partial charge >= 0.3 is 0 Å². The Morgan fingerprint density at radius 3 is 3.00 bits per heavy atom. The second-order valence-electron chi connectivity index (χ2n) is 5.66. The molecule has 100 valence electrons. The van der Waals surface area contributed by atoms with Crippen LogP contribution >= 0.6 is 0 Å². The zero-order valence-electron chi connectivity index (χ0n) is 11.2. The normalized spacial score (nSPS) is 27.7. The molecule has 2 aliphatic rings. The number of hydrogen-bond donors (Lipinski definition) is 1. The minimum Gasteiger partial charge on any atom is -0.351 e. The van der Waals surface area contributed by atoms with Gasteiger partial charge in [0.2, 0.25) is 11.8 Å². The standard InChI is InChI=1S/C14H22N2O2/c1-11(2)10-12(17)16-9-5-7-14(16)6-3-4-8-15-13(14)18/h3-4,11H,5-10H2,1-2H3,(H,15,18). The summed E-state index contributed by atoms with van der Waals surface area (Å²) in [6, 6.07) is 0. The minimum absolute atomic E-state index is 0.0158. The van der Waals surface area contributed by atoms with E-state index in [1.807, 2.05) is 30.9 Å². The van der Waals surface area contributed by atoms with E-state index in [2.05, 4.69) is 5.32 Å². The van der Waals surface area contributed by atoms with E-state index in [-0.39, 0.29) is 11.8 Å². The molecule has 2 rings (SSSR count). The summed E-state index contributed by atoms with van der Waals surface area (Å²) in [5.41, 5.74) is -0.612. The van der Waals surface area contributed by atoms with Gasteiger partial charge in [-0.25, -0.2) is 0 Å². The molecule has 4 nitrogen and oxygen atoms in total. The largest absolute Gasteiger partial charge is 0.351 e. The predicted octanol–water partition coefficient (Wildman–Crippen LogP) is 1.47. The lowest BCUT2D eigenvalue weighted by Gasteiger charge is -2.36. The number of carbonyl (C=O) groups is 2. The molecule has 4 heteroatoms. The van der Waals surface area contributed by atoms with Crippen molar-refractivity contribution in [2.45, 2.75) is 45.1 Å². The number of nitrogens with zero attached hydrogens (tertiary/aromatic N) is 1. The Balaban J connectivity index is 2.21. The van der Waals surface area contributed by atoms with Gasteiger partial charge in [-0.1, -0.05) is 26.0 Å². The molecule has 2 heterocycles. The van der Waals surface area contributed by atoms with Gasteiger partial charge in [-0.15, -0.1) is 0 Å². The summed E-state index contributed by atoms with van der Waals surface area (Å²) < 4.78 is 0. The smallest absolute Gasteiger partial charge is 0.246 e. The van der Waals surface area contributed by atoms with Gasteiger partial charge < -0.3 is 10.2 Å². The molecular formula is C14H22N2O2. The fourth-order valence-corrected chi connectivity index (χ4v) is 2.92. The van der Waals surface area contributed by atoms with E-state index >= 15 is 0 Å². The summed E-state index contributed by atoms with van der Waals surface area (Å²) >= 11 is 0. The van der Waals surface area contributed by atoms with Crippen LogP contribution in [0.1, 0.15) is 39.5 Å². The molecule has 1 fully saturated rings. The molecule has 0 radical (unpaired) electrons. The van der Waals surface area contributed by atoms with Crippen LogP contribution in [-0.2, 0) is 9.59 Å². The first-order chi connectivity index (χ1) is 8.56. The third kappa shape index (κ3) is 2.28. The highest BCUT2D eigenvalue weighted by Crippen LogP contribution is 2.35. The summed E-state index contributed by atoms with van der Waals surface area (Å²) in [5, 5.41) is 2.90. The van der Waals surface area contributed by atoms with Crippen molar-refractivity contribution < 1.29 is 9.59 Å². The van der Waals surface area contributed by atoms with Crippen LogP contribution in [0.2, 0.25) is 0 Å². The number of carbonyl (C=O) groups excluding carboxylic acids is 2. The van der Waals surface area contributed by atoms with E-state index in [4.69, 9.17) is 0 Å². The average molecular weight is 250 g/mol. The van der Waals surface area contributed by atoms with Gasteiger partial charge in [0.25, 0.3) is 0 Å². The maximum absolute atomic E-state index is 12.3. The SMILES string of the molecule is CC(C)CC(=O)N1CCCC12CC=CCNC2=O. The van der Waals surface area contributed by atoms with Gasteiger partial charge in [0.15, 0.2) is 0 Å². The van der Waals surface area contributed by atoms with Crippen LogP contribution in [0, 0.1) is 5.92 Å². The maximum atomic E-state index is 12.3. The minimum atomic E-state index is -0.612. The summed E-state index contributed by atoms with van der Waals surface area (Å²) in [4.78, 5) is 26.4. The van der Waals surface area contributed by atoms with Crippen LogP contribution in [0.15, 0.2) is 12.2 Å². The van der Waals surface area contributed by atoms with Crippen molar-refractivity contribution in [2.24, 2.45) is 5.92 Å². The number of likely N-dealkylation sites (tertiary alicyclic amines) is 1. The zero-order valence-corrected chi connectivity index (χ0v) is 11.2. The Morgan fingerprint density at radius 1 is 1.50 bits per heavy atom. The van der Waals surface area contributed by atoms with Gasteiger partial charge in [-0.05, 0) is 25.2 Å². The lowest BCUT2D eigenvalue weighted by Crippen LogP contribution is -2.56. The molecule has 0 aliphatic carbocycles. The highest BCUT2D eigenvalue weighted by Gasteiger charge is 2.48. The van der Waals surface area contributed by atoms with Crippen molar-refractivity contribution >= 4 is 11.8 Å². The highest BCUT2D eigenvalue weighted by atomic mass is 16.2. The van der Waals surface area contributed by atoms with Crippen molar-refractivity contribution in [3.8, 4) is 0 Å².